The Labute approximate surface area is 73.7 Å². The zero-order valence-electron chi connectivity index (χ0n) is 6.93. The molecule has 0 aliphatic carbocycles. The minimum Gasteiger partial charge on any atom is -0.478 e. The Hall–Kier alpha value is -1.91. The van der Waals surface area contributed by atoms with Crippen LogP contribution in [0.25, 0.3) is 11.2 Å². The molecule has 5 heteroatoms. The van der Waals surface area contributed by atoms with Crippen LogP contribution in [0, 0.1) is 0 Å². The summed E-state index contributed by atoms with van der Waals surface area (Å²) in [6.45, 7) is 0. The van der Waals surface area contributed by atoms with Crippen molar-refractivity contribution in [1.29, 1.82) is 0 Å². The summed E-state index contributed by atoms with van der Waals surface area (Å²) >= 11 is 0. The fraction of sp³-hybridized carbons (Fsp3) is 0.125. The van der Waals surface area contributed by atoms with Crippen LogP contribution in [0.4, 0.5) is 0 Å². The van der Waals surface area contributed by atoms with Crippen LogP contribution in [0.15, 0.2) is 18.6 Å². The molecular weight excluding hydrogens is 170 g/mol. The van der Waals surface area contributed by atoms with Crippen LogP contribution in [-0.2, 0) is 7.05 Å². The molecule has 13 heavy (non-hydrogen) atoms. The lowest BCUT2D eigenvalue weighted by atomic mass is 10.2. The molecule has 0 fully saturated rings. The van der Waals surface area contributed by atoms with E-state index in [1.165, 1.54) is 12.3 Å². The number of aromatic carboxylic acids is 1. The molecule has 5 nitrogen and oxygen atoms in total. The lowest BCUT2D eigenvalue weighted by molar-refractivity contribution is 0.0699. The van der Waals surface area contributed by atoms with Crippen LogP contribution in [0.3, 0.4) is 0 Å². The van der Waals surface area contributed by atoms with E-state index in [9.17, 15) is 4.79 Å². The van der Waals surface area contributed by atoms with Gasteiger partial charge in [-0.3, -0.25) is 0 Å². The van der Waals surface area contributed by atoms with E-state index in [0.717, 1.165) is 0 Å². The third-order valence-electron chi connectivity index (χ3n) is 1.83. The van der Waals surface area contributed by atoms with E-state index in [-0.39, 0.29) is 5.56 Å². The number of aryl methyl sites for hydroxylation is 1. The molecule has 2 aromatic heterocycles. The van der Waals surface area contributed by atoms with Gasteiger partial charge in [-0.05, 0) is 6.07 Å². The molecule has 0 atom stereocenters. The van der Waals surface area contributed by atoms with Crippen LogP contribution >= 0.6 is 0 Å². The van der Waals surface area contributed by atoms with E-state index in [2.05, 4.69) is 9.97 Å². The van der Waals surface area contributed by atoms with Crippen LogP contribution in [0.2, 0.25) is 0 Å². The third-order valence-corrected chi connectivity index (χ3v) is 1.83. The number of hydrogen-bond donors (Lipinski definition) is 1. The second kappa shape index (κ2) is 2.55. The average molecular weight is 177 g/mol. The number of hydrogen-bond acceptors (Lipinski definition) is 3. The molecule has 2 aromatic rings. The summed E-state index contributed by atoms with van der Waals surface area (Å²) in [6, 6.07) is 1.44. The highest BCUT2D eigenvalue weighted by atomic mass is 16.4. The quantitative estimate of drug-likeness (QED) is 0.695. The number of nitrogens with zero attached hydrogens (tertiary/aromatic N) is 3. The lowest BCUT2D eigenvalue weighted by Crippen LogP contribution is -1.98. The Morgan fingerprint density at radius 2 is 2.31 bits per heavy atom. The summed E-state index contributed by atoms with van der Waals surface area (Å²) in [5.41, 5.74) is 1.20. The molecule has 66 valence electrons. The maximum Gasteiger partial charge on any atom is 0.338 e. The molecular formula is C8H7N3O2. The first-order valence-electron chi connectivity index (χ1n) is 3.69. The van der Waals surface area contributed by atoms with Gasteiger partial charge in [0.1, 0.15) is 5.52 Å². The number of aromatic nitrogens is 3. The molecule has 0 spiro atoms. The molecule has 0 unspecified atom stereocenters. The Morgan fingerprint density at radius 3 is 3.00 bits per heavy atom. The summed E-state index contributed by atoms with van der Waals surface area (Å²) in [5.74, 6) is -0.980. The van der Waals surface area contributed by atoms with Gasteiger partial charge in [-0.2, -0.15) is 0 Å². The highest BCUT2D eigenvalue weighted by Crippen LogP contribution is 2.13. The van der Waals surface area contributed by atoms with Gasteiger partial charge in [0.15, 0.2) is 5.65 Å². The van der Waals surface area contributed by atoms with Gasteiger partial charge in [-0.1, -0.05) is 0 Å². The van der Waals surface area contributed by atoms with Crippen molar-refractivity contribution in [3.05, 3.63) is 24.2 Å². The fourth-order valence-corrected chi connectivity index (χ4v) is 1.20. The second-order valence-electron chi connectivity index (χ2n) is 2.69. The van der Waals surface area contributed by atoms with E-state index in [0.29, 0.717) is 11.2 Å². The molecule has 0 bridgehead atoms. The van der Waals surface area contributed by atoms with Gasteiger partial charge in [0.05, 0.1) is 11.9 Å². The molecule has 0 aromatic carbocycles. The van der Waals surface area contributed by atoms with Crippen LogP contribution < -0.4 is 0 Å². The van der Waals surface area contributed by atoms with Crippen LogP contribution in [0.5, 0.6) is 0 Å². The first kappa shape index (κ1) is 7.72. The van der Waals surface area contributed by atoms with E-state index >= 15 is 0 Å². The number of carboxylic acids is 1. The molecule has 0 amide bonds. The van der Waals surface area contributed by atoms with Gasteiger partial charge < -0.3 is 9.67 Å². The summed E-state index contributed by atoms with van der Waals surface area (Å²) in [5, 5.41) is 8.82. The maximum absolute atomic E-state index is 10.7. The minimum absolute atomic E-state index is 0.186. The molecule has 2 rings (SSSR count). The Balaban J connectivity index is 2.84. The van der Waals surface area contributed by atoms with Gasteiger partial charge in [0, 0.05) is 13.2 Å². The molecule has 0 aliphatic heterocycles. The van der Waals surface area contributed by atoms with Crippen molar-refractivity contribution in [2.24, 2.45) is 7.05 Å². The highest BCUT2D eigenvalue weighted by Gasteiger charge is 2.11. The Morgan fingerprint density at radius 1 is 1.54 bits per heavy atom. The normalized spacial score (nSPS) is 10.5. The number of rotatable bonds is 1. The lowest BCUT2D eigenvalue weighted by Gasteiger charge is -1.95. The van der Waals surface area contributed by atoms with Gasteiger partial charge in [0.2, 0.25) is 0 Å². The van der Waals surface area contributed by atoms with Crippen molar-refractivity contribution in [2.45, 2.75) is 0 Å². The van der Waals surface area contributed by atoms with Gasteiger partial charge in [-0.25, -0.2) is 14.8 Å². The summed E-state index contributed by atoms with van der Waals surface area (Å²) in [6.07, 6.45) is 3.01. The smallest absolute Gasteiger partial charge is 0.338 e. The van der Waals surface area contributed by atoms with E-state index in [4.69, 9.17) is 5.11 Å². The second-order valence-corrected chi connectivity index (χ2v) is 2.69. The summed E-state index contributed by atoms with van der Waals surface area (Å²) < 4.78 is 1.68. The number of imidazole rings is 1. The number of fused-ring (bicyclic) bond motifs is 1. The zero-order chi connectivity index (χ0) is 9.42. The molecule has 0 radical (unpaired) electrons. The van der Waals surface area contributed by atoms with Crippen molar-refractivity contribution in [2.75, 3.05) is 0 Å². The third kappa shape index (κ3) is 1.05. The number of carboxylic acid groups (broad SMARTS) is 1. The Kier molecular flexibility index (Phi) is 1.51. The zero-order valence-corrected chi connectivity index (χ0v) is 6.93. The molecule has 2 heterocycles. The summed E-state index contributed by atoms with van der Waals surface area (Å²) in [7, 11) is 1.77. The standard InChI is InChI=1S/C8H7N3O2/c1-11-4-10-6-5(8(12)13)2-3-9-7(6)11/h2-4H,1H3,(H,12,13). The van der Waals surface area contributed by atoms with Crippen LogP contribution in [-0.4, -0.2) is 25.6 Å². The molecule has 0 saturated carbocycles. The largest absolute Gasteiger partial charge is 0.478 e. The molecule has 1 N–H and O–H groups in total. The number of pyridine rings is 1. The topological polar surface area (TPSA) is 68.0 Å². The molecule has 0 saturated heterocycles. The van der Waals surface area contributed by atoms with E-state index in [1.807, 2.05) is 0 Å². The maximum atomic E-state index is 10.7. The van der Waals surface area contributed by atoms with Crippen molar-refractivity contribution in [3.8, 4) is 0 Å². The van der Waals surface area contributed by atoms with Crippen LogP contribution in [0.1, 0.15) is 10.4 Å². The Bertz CT molecular complexity index is 475. The fourth-order valence-electron chi connectivity index (χ4n) is 1.20. The summed E-state index contributed by atoms with van der Waals surface area (Å²) in [4.78, 5) is 18.7. The van der Waals surface area contributed by atoms with Gasteiger partial charge in [0.25, 0.3) is 0 Å². The van der Waals surface area contributed by atoms with Gasteiger partial charge >= 0.3 is 5.97 Å². The predicted molar refractivity (Wildman–Crippen MR) is 45.5 cm³/mol. The first-order chi connectivity index (χ1) is 6.20. The van der Waals surface area contributed by atoms with Crippen molar-refractivity contribution >= 4 is 17.1 Å². The molecule has 0 aliphatic rings. The van der Waals surface area contributed by atoms with E-state index in [1.54, 1.807) is 17.9 Å². The first-order valence-corrected chi connectivity index (χ1v) is 3.69. The monoisotopic (exact) mass is 177 g/mol. The van der Waals surface area contributed by atoms with Crippen molar-refractivity contribution in [1.82, 2.24) is 14.5 Å². The SMILES string of the molecule is Cn1cnc2c(C(=O)O)ccnc21. The average Bonchev–Trinajstić information content (AvgIpc) is 2.48. The van der Waals surface area contributed by atoms with Crippen molar-refractivity contribution < 1.29 is 9.90 Å². The van der Waals surface area contributed by atoms with Crippen molar-refractivity contribution in [3.63, 3.8) is 0 Å². The minimum atomic E-state index is -0.980. The number of carbonyl (C=O) groups is 1. The predicted octanol–water partition coefficient (Wildman–Crippen LogP) is 0.666. The van der Waals surface area contributed by atoms with E-state index < -0.39 is 5.97 Å². The van der Waals surface area contributed by atoms with Gasteiger partial charge in [-0.15, -0.1) is 0 Å². The highest BCUT2D eigenvalue weighted by molar-refractivity contribution is 5.99.